The SMILES string of the molecule is O=C(CSc1ccccc1)NCC1COCCOCCOCCOCCO1. The molecule has 0 saturated carbocycles. The maximum atomic E-state index is 12.1. The highest BCUT2D eigenvalue weighted by Crippen LogP contribution is 2.16. The highest BCUT2D eigenvalue weighted by atomic mass is 32.2. The third-order valence-corrected chi connectivity index (χ3v) is 4.65. The van der Waals surface area contributed by atoms with Gasteiger partial charge in [-0.15, -0.1) is 11.8 Å². The maximum Gasteiger partial charge on any atom is 0.230 e. The van der Waals surface area contributed by atoms with Crippen LogP contribution in [0.4, 0.5) is 0 Å². The van der Waals surface area contributed by atoms with Gasteiger partial charge in [0.05, 0.1) is 71.3 Å². The molecule has 0 spiro atoms. The average Bonchev–Trinajstić information content (AvgIpc) is 2.71. The summed E-state index contributed by atoms with van der Waals surface area (Å²) in [7, 11) is 0. The van der Waals surface area contributed by atoms with Crippen molar-refractivity contribution in [3.05, 3.63) is 30.3 Å². The highest BCUT2D eigenvalue weighted by Gasteiger charge is 2.12. The Morgan fingerprint density at radius 1 is 0.889 bits per heavy atom. The summed E-state index contributed by atoms with van der Waals surface area (Å²) in [5.74, 6) is 0.342. The van der Waals surface area contributed by atoms with Crippen LogP contribution in [0.3, 0.4) is 0 Å². The first-order valence-corrected chi connectivity index (χ1v) is 10.2. The third kappa shape index (κ3) is 11.3. The molecule has 1 unspecified atom stereocenters. The van der Waals surface area contributed by atoms with Crippen LogP contribution in [-0.4, -0.2) is 83.8 Å². The van der Waals surface area contributed by atoms with Crippen molar-refractivity contribution in [2.24, 2.45) is 0 Å². The molecule has 152 valence electrons. The number of rotatable bonds is 5. The zero-order valence-electron chi connectivity index (χ0n) is 15.6. The van der Waals surface area contributed by atoms with Crippen molar-refractivity contribution in [2.75, 3.05) is 71.8 Å². The van der Waals surface area contributed by atoms with Crippen LogP contribution in [0.5, 0.6) is 0 Å². The highest BCUT2D eigenvalue weighted by molar-refractivity contribution is 8.00. The van der Waals surface area contributed by atoms with Crippen LogP contribution in [0, 0.1) is 0 Å². The van der Waals surface area contributed by atoms with Gasteiger partial charge in [-0.25, -0.2) is 0 Å². The molecule has 1 aliphatic rings. The van der Waals surface area contributed by atoms with E-state index in [1.165, 1.54) is 11.8 Å². The summed E-state index contributed by atoms with van der Waals surface area (Å²) in [5.41, 5.74) is 0. The fourth-order valence-electron chi connectivity index (χ4n) is 2.26. The fourth-order valence-corrected chi connectivity index (χ4v) is 3.01. The summed E-state index contributed by atoms with van der Waals surface area (Å²) in [6.07, 6.45) is -0.222. The molecule has 8 heteroatoms. The van der Waals surface area contributed by atoms with Gasteiger partial charge < -0.3 is 29.0 Å². The molecule has 1 aliphatic heterocycles. The Hall–Kier alpha value is -1.16. The number of amides is 1. The first-order chi connectivity index (χ1) is 13.3. The van der Waals surface area contributed by atoms with E-state index in [0.717, 1.165) is 4.90 Å². The maximum absolute atomic E-state index is 12.1. The zero-order chi connectivity index (χ0) is 19.0. The van der Waals surface area contributed by atoms with Crippen molar-refractivity contribution < 1.29 is 28.5 Å². The van der Waals surface area contributed by atoms with E-state index in [0.29, 0.717) is 71.8 Å². The molecule has 27 heavy (non-hydrogen) atoms. The van der Waals surface area contributed by atoms with Gasteiger partial charge in [0.2, 0.25) is 5.91 Å². The minimum absolute atomic E-state index is 0.0277. The number of ether oxygens (including phenoxy) is 5. The Bertz CT molecular complexity index is 488. The van der Waals surface area contributed by atoms with E-state index < -0.39 is 0 Å². The predicted octanol–water partition coefficient (Wildman–Crippen LogP) is 1.36. The molecule has 1 aromatic carbocycles. The molecule has 0 bridgehead atoms. The number of carbonyl (C=O) groups is 1. The van der Waals surface area contributed by atoms with Crippen molar-refractivity contribution in [3.8, 4) is 0 Å². The van der Waals surface area contributed by atoms with Gasteiger partial charge in [0.1, 0.15) is 0 Å². The summed E-state index contributed by atoms with van der Waals surface area (Å²) in [5, 5.41) is 2.91. The lowest BCUT2D eigenvalue weighted by Gasteiger charge is -2.19. The molecule has 1 saturated heterocycles. The van der Waals surface area contributed by atoms with Crippen molar-refractivity contribution in [1.82, 2.24) is 5.32 Å². The molecule has 1 atom stereocenters. The first kappa shape index (κ1) is 22.1. The summed E-state index contributed by atoms with van der Waals surface area (Å²) in [6, 6.07) is 9.85. The van der Waals surface area contributed by atoms with Gasteiger partial charge in [0, 0.05) is 11.4 Å². The Balaban J connectivity index is 1.67. The lowest BCUT2D eigenvalue weighted by atomic mass is 10.3. The van der Waals surface area contributed by atoms with Crippen LogP contribution in [-0.2, 0) is 28.5 Å². The second kappa shape index (κ2) is 14.8. The molecule has 1 aromatic rings. The van der Waals surface area contributed by atoms with Crippen LogP contribution in [0.2, 0.25) is 0 Å². The van der Waals surface area contributed by atoms with Crippen molar-refractivity contribution in [3.63, 3.8) is 0 Å². The van der Waals surface area contributed by atoms with Gasteiger partial charge in [0.25, 0.3) is 0 Å². The van der Waals surface area contributed by atoms with E-state index in [-0.39, 0.29) is 12.0 Å². The molecular weight excluding hydrogens is 370 g/mol. The number of nitrogens with one attached hydrogen (secondary N) is 1. The molecule has 1 N–H and O–H groups in total. The predicted molar refractivity (Wildman–Crippen MR) is 103 cm³/mol. The van der Waals surface area contributed by atoms with E-state index in [1.54, 1.807) is 0 Å². The minimum Gasteiger partial charge on any atom is -0.377 e. The molecule has 1 fully saturated rings. The van der Waals surface area contributed by atoms with Gasteiger partial charge >= 0.3 is 0 Å². The Labute approximate surface area is 165 Å². The van der Waals surface area contributed by atoms with Crippen LogP contribution in [0.1, 0.15) is 0 Å². The molecule has 7 nitrogen and oxygen atoms in total. The minimum atomic E-state index is -0.222. The van der Waals surface area contributed by atoms with E-state index in [1.807, 2.05) is 30.3 Å². The summed E-state index contributed by atoms with van der Waals surface area (Å²) < 4.78 is 27.6. The van der Waals surface area contributed by atoms with Gasteiger partial charge in [0.15, 0.2) is 0 Å². The average molecular weight is 400 g/mol. The smallest absolute Gasteiger partial charge is 0.230 e. The van der Waals surface area contributed by atoms with Crippen LogP contribution in [0.25, 0.3) is 0 Å². The number of carbonyl (C=O) groups excluding carboxylic acids is 1. The van der Waals surface area contributed by atoms with Crippen molar-refractivity contribution in [2.45, 2.75) is 11.0 Å². The summed E-state index contributed by atoms with van der Waals surface area (Å²) >= 11 is 1.51. The molecule has 0 radical (unpaired) electrons. The summed E-state index contributed by atoms with van der Waals surface area (Å²) in [6.45, 7) is 4.86. The Morgan fingerprint density at radius 2 is 1.48 bits per heavy atom. The van der Waals surface area contributed by atoms with Gasteiger partial charge in [-0.1, -0.05) is 18.2 Å². The normalized spacial score (nSPS) is 21.0. The van der Waals surface area contributed by atoms with Crippen molar-refractivity contribution in [1.29, 1.82) is 0 Å². The van der Waals surface area contributed by atoms with Crippen LogP contribution < -0.4 is 5.32 Å². The monoisotopic (exact) mass is 399 g/mol. The van der Waals surface area contributed by atoms with Gasteiger partial charge in [-0.3, -0.25) is 4.79 Å². The standard InChI is InChI=1S/C19H29NO6S/c21-19(16-27-18-4-2-1-3-5-18)20-14-17-15-25-11-10-23-7-6-22-8-9-24-12-13-26-17/h1-5,17H,6-16H2,(H,20,21). The second-order valence-electron chi connectivity index (χ2n) is 5.81. The second-order valence-corrected chi connectivity index (χ2v) is 6.86. The molecule has 0 aromatic heterocycles. The third-order valence-electron chi connectivity index (χ3n) is 3.64. The van der Waals surface area contributed by atoms with E-state index in [4.69, 9.17) is 23.7 Å². The zero-order valence-corrected chi connectivity index (χ0v) is 16.4. The number of hydrogen-bond donors (Lipinski definition) is 1. The lowest BCUT2D eigenvalue weighted by molar-refractivity contribution is -0.119. The number of benzene rings is 1. The topological polar surface area (TPSA) is 75.3 Å². The van der Waals surface area contributed by atoms with Crippen LogP contribution in [0.15, 0.2) is 35.2 Å². The number of hydrogen-bond acceptors (Lipinski definition) is 7. The Kier molecular flexibility index (Phi) is 12.2. The first-order valence-electron chi connectivity index (χ1n) is 9.21. The number of thioether (sulfide) groups is 1. The fraction of sp³-hybridized carbons (Fsp3) is 0.632. The Morgan fingerprint density at radius 3 is 2.15 bits per heavy atom. The molecular formula is C19H29NO6S. The lowest BCUT2D eigenvalue weighted by Crippen LogP contribution is -2.38. The van der Waals surface area contributed by atoms with Crippen LogP contribution >= 0.6 is 11.8 Å². The molecule has 1 heterocycles. The van der Waals surface area contributed by atoms with Gasteiger partial charge in [-0.2, -0.15) is 0 Å². The van der Waals surface area contributed by atoms with E-state index in [2.05, 4.69) is 5.32 Å². The quantitative estimate of drug-likeness (QED) is 0.750. The van der Waals surface area contributed by atoms with E-state index >= 15 is 0 Å². The van der Waals surface area contributed by atoms with Crippen molar-refractivity contribution >= 4 is 17.7 Å². The molecule has 0 aliphatic carbocycles. The summed E-state index contributed by atoms with van der Waals surface area (Å²) in [4.78, 5) is 13.1. The molecule has 1 amide bonds. The largest absolute Gasteiger partial charge is 0.377 e. The van der Waals surface area contributed by atoms with E-state index in [9.17, 15) is 4.79 Å². The van der Waals surface area contributed by atoms with Gasteiger partial charge in [-0.05, 0) is 12.1 Å². The molecule has 2 rings (SSSR count).